The van der Waals surface area contributed by atoms with E-state index in [0.717, 1.165) is 45.6 Å². The fraction of sp³-hybridized carbons (Fsp3) is 0.258. The van der Waals surface area contributed by atoms with E-state index in [1.54, 1.807) is 19.2 Å². The number of halogens is 3. The van der Waals surface area contributed by atoms with E-state index < -0.39 is 11.7 Å². The van der Waals surface area contributed by atoms with Gasteiger partial charge < -0.3 is 20.1 Å². The van der Waals surface area contributed by atoms with Crippen LogP contribution in [0.3, 0.4) is 0 Å². The molecule has 41 heavy (non-hydrogen) atoms. The number of thiocarbonyl (C=S) groups is 1. The molecule has 2 N–H and O–H groups in total. The van der Waals surface area contributed by atoms with Gasteiger partial charge in [-0.3, -0.25) is 9.78 Å². The van der Waals surface area contributed by atoms with Gasteiger partial charge in [0.1, 0.15) is 0 Å². The zero-order chi connectivity index (χ0) is 29.5. The van der Waals surface area contributed by atoms with Crippen LogP contribution in [0.1, 0.15) is 59.2 Å². The van der Waals surface area contributed by atoms with Crippen LogP contribution in [0.4, 0.5) is 24.5 Å². The van der Waals surface area contributed by atoms with Crippen molar-refractivity contribution in [2.45, 2.75) is 52.4 Å². The summed E-state index contributed by atoms with van der Waals surface area (Å²) in [5.41, 5.74) is 5.44. The van der Waals surface area contributed by atoms with Crippen LogP contribution in [0, 0.1) is 20.8 Å². The summed E-state index contributed by atoms with van der Waals surface area (Å²) in [5, 5.41) is 6.85. The number of nitrogens with zero attached hydrogens (tertiary/aromatic N) is 3. The summed E-state index contributed by atoms with van der Waals surface area (Å²) in [6, 6.07) is 18.1. The van der Waals surface area contributed by atoms with Crippen LogP contribution in [-0.2, 0) is 11.0 Å². The summed E-state index contributed by atoms with van der Waals surface area (Å²) in [5.74, 6) is -0.0747. The number of amides is 1. The summed E-state index contributed by atoms with van der Waals surface area (Å²) in [7, 11) is 0. The van der Waals surface area contributed by atoms with Crippen molar-refractivity contribution in [1.29, 1.82) is 0 Å². The van der Waals surface area contributed by atoms with E-state index >= 15 is 0 Å². The lowest BCUT2D eigenvalue weighted by molar-refractivity contribution is -0.137. The number of carbonyl (C=O) groups is 1. The second-order valence-corrected chi connectivity index (χ2v) is 10.5. The van der Waals surface area contributed by atoms with Crippen LogP contribution in [0.25, 0.3) is 5.69 Å². The molecule has 1 aliphatic rings. The van der Waals surface area contributed by atoms with E-state index in [2.05, 4.69) is 15.6 Å². The zero-order valence-electron chi connectivity index (χ0n) is 23.1. The third kappa shape index (κ3) is 5.44. The summed E-state index contributed by atoms with van der Waals surface area (Å²) >= 11 is 5.86. The number of pyridine rings is 1. The number of carbonyl (C=O) groups excluding carboxylic acids is 1. The van der Waals surface area contributed by atoms with Crippen LogP contribution in [0.5, 0.6) is 0 Å². The second-order valence-electron chi connectivity index (χ2n) is 10.1. The van der Waals surface area contributed by atoms with Gasteiger partial charge in [-0.05, 0) is 98.7 Å². The molecule has 0 unspecified atom stereocenters. The summed E-state index contributed by atoms with van der Waals surface area (Å²) < 4.78 is 42.5. The number of aromatic nitrogens is 2. The second kappa shape index (κ2) is 11.0. The lowest BCUT2D eigenvalue weighted by Crippen LogP contribution is -2.29. The fourth-order valence-electron chi connectivity index (χ4n) is 5.43. The normalized spacial score (nSPS) is 17.0. The molecule has 6 nitrogen and oxygen atoms in total. The van der Waals surface area contributed by atoms with Crippen molar-refractivity contribution in [3.8, 4) is 5.69 Å². The molecule has 0 saturated carbocycles. The molecular formula is C31H30F3N5OS. The van der Waals surface area contributed by atoms with Crippen molar-refractivity contribution >= 4 is 34.6 Å². The molecule has 1 fully saturated rings. The van der Waals surface area contributed by atoms with Gasteiger partial charge in [0.15, 0.2) is 5.11 Å². The average molecular weight is 578 g/mol. The zero-order valence-corrected chi connectivity index (χ0v) is 23.9. The molecule has 0 bridgehead atoms. The molecule has 1 aliphatic heterocycles. The Balaban J connectivity index is 1.64. The Morgan fingerprint density at radius 1 is 1.02 bits per heavy atom. The average Bonchev–Trinajstić information content (AvgIpc) is 3.44. The van der Waals surface area contributed by atoms with E-state index in [0.29, 0.717) is 17.2 Å². The molecule has 3 heterocycles. The highest BCUT2D eigenvalue weighted by Crippen LogP contribution is 2.44. The standard InChI is InChI=1S/C31H30F3N5OS/c1-5-27(40)36-25-13-12-23(15-18(25)2)39-29(28(37-30(39)41)26-11-6-7-14-35-26)24-16-19(3)38(20(24)4)22-10-8-9-21(17-22)31(32,33)34/h6-17,28-29H,5H2,1-4H3,(H,36,40)(H,37,41)/t28-,29-/m0/s1. The highest BCUT2D eigenvalue weighted by molar-refractivity contribution is 7.80. The smallest absolute Gasteiger partial charge is 0.351 e. The first-order chi connectivity index (χ1) is 19.5. The van der Waals surface area contributed by atoms with Crippen molar-refractivity contribution in [3.63, 3.8) is 0 Å². The quantitative estimate of drug-likeness (QED) is 0.235. The SMILES string of the molecule is CCC(=O)Nc1ccc(N2C(=S)N[C@@H](c3ccccn3)[C@@H]2c2cc(C)n(-c3cccc(C(F)(F)F)c3)c2C)cc1C. The van der Waals surface area contributed by atoms with E-state index in [4.69, 9.17) is 12.2 Å². The molecule has 5 rings (SSSR count). The minimum Gasteiger partial charge on any atom is -0.351 e. The molecule has 10 heteroatoms. The molecule has 4 aromatic rings. The number of nitrogens with one attached hydrogen (secondary N) is 2. The van der Waals surface area contributed by atoms with Gasteiger partial charge >= 0.3 is 6.18 Å². The Morgan fingerprint density at radius 3 is 2.46 bits per heavy atom. The highest BCUT2D eigenvalue weighted by atomic mass is 32.1. The molecule has 2 aromatic heterocycles. The van der Waals surface area contributed by atoms with Gasteiger partial charge in [0.2, 0.25) is 5.91 Å². The third-order valence-corrected chi connectivity index (χ3v) is 7.72. The molecule has 2 aromatic carbocycles. The lowest BCUT2D eigenvalue weighted by Gasteiger charge is -2.29. The number of aryl methyl sites for hydroxylation is 2. The van der Waals surface area contributed by atoms with Crippen molar-refractivity contribution in [2.24, 2.45) is 0 Å². The van der Waals surface area contributed by atoms with Crippen LogP contribution in [0.2, 0.25) is 0 Å². The van der Waals surface area contributed by atoms with Crippen molar-refractivity contribution in [2.75, 3.05) is 10.2 Å². The largest absolute Gasteiger partial charge is 0.416 e. The molecule has 1 saturated heterocycles. The fourth-order valence-corrected chi connectivity index (χ4v) is 5.78. The Labute approximate surface area is 242 Å². The summed E-state index contributed by atoms with van der Waals surface area (Å²) in [6.45, 7) is 7.51. The number of benzene rings is 2. The number of hydrogen-bond acceptors (Lipinski definition) is 3. The van der Waals surface area contributed by atoms with Crippen LogP contribution in [-0.4, -0.2) is 20.6 Å². The Kier molecular flexibility index (Phi) is 7.61. The van der Waals surface area contributed by atoms with Crippen LogP contribution >= 0.6 is 12.2 Å². The van der Waals surface area contributed by atoms with E-state index in [-0.39, 0.29) is 18.0 Å². The number of anilines is 2. The topological polar surface area (TPSA) is 62.2 Å². The summed E-state index contributed by atoms with van der Waals surface area (Å²) in [6.07, 6.45) is -2.35. The van der Waals surface area contributed by atoms with Gasteiger partial charge in [0.25, 0.3) is 0 Å². The first-order valence-corrected chi connectivity index (χ1v) is 13.7. The first kappa shape index (κ1) is 28.4. The maximum Gasteiger partial charge on any atom is 0.416 e. The van der Waals surface area contributed by atoms with Gasteiger partial charge in [-0.1, -0.05) is 19.1 Å². The molecule has 1 amide bonds. The van der Waals surface area contributed by atoms with Crippen molar-refractivity contribution in [3.05, 3.63) is 107 Å². The summed E-state index contributed by atoms with van der Waals surface area (Å²) in [4.78, 5) is 18.6. The monoisotopic (exact) mass is 577 g/mol. The third-order valence-electron chi connectivity index (χ3n) is 7.40. The minimum absolute atomic E-state index is 0.0747. The molecule has 0 spiro atoms. The van der Waals surface area contributed by atoms with Gasteiger partial charge in [-0.2, -0.15) is 13.2 Å². The predicted octanol–water partition coefficient (Wildman–Crippen LogP) is 7.34. The lowest BCUT2D eigenvalue weighted by atomic mass is 9.96. The van der Waals surface area contributed by atoms with E-state index in [1.807, 2.05) is 72.7 Å². The van der Waals surface area contributed by atoms with Crippen molar-refractivity contribution < 1.29 is 18.0 Å². The van der Waals surface area contributed by atoms with Crippen molar-refractivity contribution in [1.82, 2.24) is 14.9 Å². The maximum atomic E-state index is 13.5. The van der Waals surface area contributed by atoms with Gasteiger partial charge in [-0.15, -0.1) is 0 Å². The number of hydrogen-bond donors (Lipinski definition) is 2. The Bertz CT molecular complexity index is 1620. The molecule has 2 atom stereocenters. The number of rotatable bonds is 6. The molecular weight excluding hydrogens is 547 g/mol. The predicted molar refractivity (Wildman–Crippen MR) is 158 cm³/mol. The Hall–Kier alpha value is -4.18. The highest BCUT2D eigenvalue weighted by Gasteiger charge is 2.42. The molecule has 0 radical (unpaired) electrons. The molecule has 212 valence electrons. The van der Waals surface area contributed by atoms with Crippen LogP contribution in [0.15, 0.2) is 72.9 Å². The molecule has 0 aliphatic carbocycles. The van der Waals surface area contributed by atoms with Gasteiger partial charge in [0, 0.05) is 41.1 Å². The first-order valence-electron chi connectivity index (χ1n) is 13.3. The van der Waals surface area contributed by atoms with E-state index in [1.165, 1.54) is 12.1 Å². The maximum absolute atomic E-state index is 13.5. The van der Waals surface area contributed by atoms with E-state index in [9.17, 15) is 18.0 Å². The van der Waals surface area contributed by atoms with Crippen LogP contribution < -0.4 is 15.5 Å². The van der Waals surface area contributed by atoms with Gasteiger partial charge in [0.05, 0.1) is 23.3 Å². The number of alkyl halides is 3. The Morgan fingerprint density at radius 2 is 1.80 bits per heavy atom. The van der Waals surface area contributed by atoms with Gasteiger partial charge in [-0.25, -0.2) is 0 Å². The minimum atomic E-state index is -4.45.